The van der Waals surface area contributed by atoms with E-state index in [2.05, 4.69) is 5.32 Å². The third-order valence-corrected chi connectivity index (χ3v) is 7.16. The molecule has 1 heterocycles. The lowest BCUT2D eigenvalue weighted by molar-refractivity contribution is -0.145. The maximum absolute atomic E-state index is 13.6. The smallest absolute Gasteiger partial charge is 0.335 e. The Morgan fingerprint density at radius 3 is 2.10 bits per heavy atom. The molecule has 2 aromatic carbocycles. The van der Waals surface area contributed by atoms with Gasteiger partial charge in [-0.2, -0.15) is 0 Å². The molecule has 2 aromatic rings. The fourth-order valence-electron chi connectivity index (χ4n) is 3.42. The average Bonchev–Trinajstić information content (AvgIpc) is 3.26. The van der Waals surface area contributed by atoms with Crippen molar-refractivity contribution in [1.82, 2.24) is 5.32 Å². The summed E-state index contributed by atoms with van der Waals surface area (Å²) in [6.07, 6.45) is 2.94. The summed E-state index contributed by atoms with van der Waals surface area (Å²) in [5, 5.41) is 25.0. The molecule has 156 valence electrons. The van der Waals surface area contributed by atoms with Crippen molar-refractivity contribution in [3.63, 3.8) is 0 Å². The van der Waals surface area contributed by atoms with Crippen molar-refractivity contribution in [3.05, 3.63) is 94.5 Å². The Kier molecular flexibility index (Phi) is 6.37. The SMILES string of the molecule is O=C(O)CC([SH]1C=CC=C1)C(NC(=O)c1ccccc1)(C(=O)O)c1ccc(F)cc1. The first-order valence-corrected chi connectivity index (χ1v) is 10.6. The van der Waals surface area contributed by atoms with Gasteiger partial charge in [-0.25, -0.2) is 20.1 Å². The largest absolute Gasteiger partial charge is 0.481 e. The molecule has 0 saturated carbocycles. The molecule has 1 aliphatic rings. The quantitative estimate of drug-likeness (QED) is 0.482. The molecule has 0 aliphatic carbocycles. The van der Waals surface area contributed by atoms with Crippen molar-refractivity contribution in [2.24, 2.45) is 0 Å². The van der Waals surface area contributed by atoms with E-state index in [4.69, 9.17) is 0 Å². The lowest BCUT2D eigenvalue weighted by Crippen LogP contribution is -2.59. The highest BCUT2D eigenvalue weighted by Gasteiger charge is 2.51. The molecule has 0 saturated heterocycles. The van der Waals surface area contributed by atoms with Gasteiger partial charge in [0.15, 0.2) is 5.54 Å². The predicted octanol–water partition coefficient (Wildman–Crippen LogP) is 3.42. The number of rotatable bonds is 8. The summed E-state index contributed by atoms with van der Waals surface area (Å²) in [5.74, 6) is -3.85. The van der Waals surface area contributed by atoms with Gasteiger partial charge in [-0.15, -0.1) is 0 Å². The molecule has 0 radical (unpaired) electrons. The van der Waals surface area contributed by atoms with Gasteiger partial charge in [0.1, 0.15) is 5.82 Å². The molecule has 1 amide bonds. The van der Waals surface area contributed by atoms with Crippen molar-refractivity contribution in [2.75, 3.05) is 0 Å². The Morgan fingerprint density at radius 2 is 1.57 bits per heavy atom. The van der Waals surface area contributed by atoms with Gasteiger partial charge in [0.2, 0.25) is 0 Å². The second-order valence-corrected chi connectivity index (χ2v) is 8.80. The number of halogens is 1. The zero-order valence-corrected chi connectivity index (χ0v) is 16.6. The summed E-state index contributed by atoms with van der Waals surface area (Å²) in [4.78, 5) is 37.4. The first kappa shape index (κ1) is 21.3. The number of hydrogen-bond acceptors (Lipinski definition) is 3. The number of carbonyl (C=O) groups excluding carboxylic acids is 1. The van der Waals surface area contributed by atoms with Crippen LogP contribution in [0.4, 0.5) is 4.39 Å². The van der Waals surface area contributed by atoms with Crippen LogP contribution in [0.5, 0.6) is 0 Å². The van der Waals surface area contributed by atoms with Gasteiger partial charge in [0.25, 0.3) is 5.91 Å². The van der Waals surface area contributed by atoms with Gasteiger partial charge in [-0.1, -0.05) is 42.5 Å². The van der Waals surface area contributed by atoms with Gasteiger partial charge < -0.3 is 15.5 Å². The van der Waals surface area contributed by atoms with Crippen LogP contribution in [0.1, 0.15) is 22.3 Å². The van der Waals surface area contributed by atoms with E-state index in [1.807, 2.05) is 0 Å². The second-order valence-electron chi connectivity index (χ2n) is 6.68. The molecular formula is C22H20FNO5S. The van der Waals surface area contributed by atoms with Crippen LogP contribution in [0.25, 0.3) is 0 Å². The van der Waals surface area contributed by atoms with Crippen molar-refractivity contribution in [1.29, 1.82) is 0 Å². The lowest BCUT2D eigenvalue weighted by atomic mass is 9.84. The highest BCUT2D eigenvalue weighted by Crippen LogP contribution is 2.48. The number of carbonyl (C=O) groups is 3. The summed E-state index contributed by atoms with van der Waals surface area (Å²) in [6, 6.07) is 12.8. The van der Waals surface area contributed by atoms with E-state index in [9.17, 15) is 29.0 Å². The standard InChI is InChI=1S/C22H20FNO5S/c23-17-10-8-16(9-11-17)22(21(28)29,24-20(27)15-6-2-1-3-7-15)18(14-19(25)26)30-12-4-5-13-30/h1-13,18,30H,14H2,(H,24,27)(H,25,26)(H,28,29). The van der Waals surface area contributed by atoms with E-state index in [1.165, 1.54) is 24.3 Å². The normalized spacial score (nSPS) is 16.6. The number of nitrogens with one attached hydrogen (secondary N) is 1. The molecule has 1 aliphatic heterocycles. The van der Waals surface area contributed by atoms with E-state index in [-0.39, 0.29) is 11.1 Å². The Bertz CT molecular complexity index is 994. The topological polar surface area (TPSA) is 104 Å². The van der Waals surface area contributed by atoms with Crippen LogP contribution in [-0.2, 0) is 15.1 Å². The third kappa shape index (κ3) is 4.28. The van der Waals surface area contributed by atoms with Crippen LogP contribution in [0.3, 0.4) is 0 Å². The fourth-order valence-corrected chi connectivity index (χ4v) is 5.67. The van der Waals surface area contributed by atoms with E-state index >= 15 is 0 Å². The molecule has 2 atom stereocenters. The van der Waals surface area contributed by atoms with Crippen molar-refractivity contribution >= 4 is 28.7 Å². The Hall–Kier alpha value is -3.39. The number of thiol groups is 1. The number of carboxylic acid groups (broad SMARTS) is 2. The first-order valence-electron chi connectivity index (χ1n) is 9.06. The summed E-state index contributed by atoms with van der Waals surface area (Å²) in [6.45, 7) is 0. The van der Waals surface area contributed by atoms with Gasteiger partial charge in [-0.05, 0) is 40.6 Å². The van der Waals surface area contributed by atoms with Crippen LogP contribution in [-0.4, -0.2) is 33.3 Å². The predicted molar refractivity (Wildman–Crippen MR) is 113 cm³/mol. The third-order valence-electron chi connectivity index (χ3n) is 4.84. The Labute approximate surface area is 175 Å². The molecule has 0 aromatic heterocycles. The molecular weight excluding hydrogens is 409 g/mol. The fraction of sp³-hybridized carbons (Fsp3) is 0.136. The number of amides is 1. The van der Waals surface area contributed by atoms with Crippen LogP contribution in [0, 0.1) is 5.82 Å². The minimum absolute atomic E-state index is 0.100. The molecule has 0 bridgehead atoms. The number of carboxylic acids is 2. The summed E-state index contributed by atoms with van der Waals surface area (Å²) < 4.78 is 13.6. The molecule has 6 nitrogen and oxygen atoms in total. The zero-order valence-electron chi connectivity index (χ0n) is 15.7. The molecule has 8 heteroatoms. The maximum Gasteiger partial charge on any atom is 0.335 e. The lowest BCUT2D eigenvalue weighted by Gasteiger charge is -2.41. The minimum Gasteiger partial charge on any atom is -0.481 e. The Balaban J connectivity index is 2.18. The zero-order chi connectivity index (χ0) is 21.7. The van der Waals surface area contributed by atoms with E-state index < -0.39 is 51.8 Å². The molecule has 30 heavy (non-hydrogen) atoms. The number of allylic oxidation sites excluding steroid dienone is 2. The maximum atomic E-state index is 13.6. The molecule has 2 unspecified atom stereocenters. The van der Waals surface area contributed by atoms with Crippen molar-refractivity contribution < 1.29 is 29.0 Å². The van der Waals surface area contributed by atoms with Gasteiger partial charge >= 0.3 is 11.9 Å². The number of hydrogen-bond donors (Lipinski definition) is 4. The van der Waals surface area contributed by atoms with E-state index in [1.54, 1.807) is 41.2 Å². The summed E-state index contributed by atoms with van der Waals surface area (Å²) in [7, 11) is -1.32. The highest BCUT2D eigenvalue weighted by atomic mass is 32.2. The highest BCUT2D eigenvalue weighted by molar-refractivity contribution is 8.22. The van der Waals surface area contributed by atoms with Crippen molar-refractivity contribution in [2.45, 2.75) is 17.2 Å². The monoisotopic (exact) mass is 429 g/mol. The molecule has 3 rings (SSSR count). The van der Waals surface area contributed by atoms with Gasteiger partial charge in [0.05, 0.1) is 6.42 Å². The van der Waals surface area contributed by atoms with Crippen LogP contribution in [0.2, 0.25) is 0 Å². The van der Waals surface area contributed by atoms with Gasteiger partial charge in [0, 0.05) is 10.8 Å². The molecule has 3 N–H and O–H groups in total. The van der Waals surface area contributed by atoms with Gasteiger partial charge in [-0.3, -0.25) is 9.59 Å². The first-order chi connectivity index (χ1) is 14.3. The van der Waals surface area contributed by atoms with E-state index in [0.29, 0.717) is 0 Å². The molecule has 0 fully saturated rings. The number of aliphatic carboxylic acids is 2. The summed E-state index contributed by atoms with van der Waals surface area (Å²) in [5.41, 5.74) is -1.75. The second kappa shape index (κ2) is 8.96. The molecule has 0 spiro atoms. The minimum atomic E-state index is -2.08. The van der Waals surface area contributed by atoms with Crippen molar-refractivity contribution in [3.8, 4) is 0 Å². The Morgan fingerprint density at radius 1 is 0.967 bits per heavy atom. The van der Waals surface area contributed by atoms with Crippen LogP contribution in [0.15, 0.2) is 77.6 Å². The van der Waals surface area contributed by atoms with E-state index in [0.717, 1.165) is 12.1 Å². The van der Waals surface area contributed by atoms with Crippen LogP contribution < -0.4 is 5.32 Å². The average molecular weight is 429 g/mol. The summed E-state index contributed by atoms with van der Waals surface area (Å²) >= 11 is 0. The number of benzene rings is 2. The van der Waals surface area contributed by atoms with Crippen LogP contribution >= 0.6 is 10.9 Å².